The fraction of sp³-hybridized carbons (Fsp3) is 0.593. The number of nitrogens with one attached hydrogen (secondary N) is 2. The summed E-state index contributed by atoms with van der Waals surface area (Å²) in [5, 5.41) is 12.1. The number of urea groups is 1. The minimum atomic E-state index is -4.71. The molecule has 3 aromatic rings. The Labute approximate surface area is 245 Å². The van der Waals surface area contributed by atoms with Crippen molar-refractivity contribution in [3.63, 3.8) is 0 Å². The molecule has 1 aromatic carbocycles. The summed E-state index contributed by atoms with van der Waals surface area (Å²) in [5.74, 6) is -5.20. The van der Waals surface area contributed by atoms with Crippen molar-refractivity contribution >= 4 is 23.0 Å². The zero-order chi connectivity index (χ0) is 31.4. The van der Waals surface area contributed by atoms with Gasteiger partial charge in [0.25, 0.3) is 5.91 Å². The third-order valence-corrected chi connectivity index (χ3v) is 8.42. The van der Waals surface area contributed by atoms with Crippen molar-refractivity contribution < 1.29 is 49.7 Å². The minimum absolute atomic E-state index is 0.0112. The van der Waals surface area contributed by atoms with E-state index in [1.54, 1.807) is 0 Å². The Morgan fingerprint density at radius 3 is 2.57 bits per heavy atom. The van der Waals surface area contributed by atoms with Gasteiger partial charge < -0.3 is 24.7 Å². The number of fused-ring (bicyclic) bond motifs is 1. The normalized spacial score (nSPS) is 22.3. The van der Waals surface area contributed by atoms with Gasteiger partial charge in [0, 0.05) is 31.4 Å². The number of hydrogen-bond acceptors (Lipinski definition) is 8. The van der Waals surface area contributed by atoms with Gasteiger partial charge in [-0.25, -0.2) is 27.6 Å². The molecule has 1 saturated heterocycles. The lowest BCUT2D eigenvalue weighted by molar-refractivity contribution is -0.150. The van der Waals surface area contributed by atoms with Crippen LogP contribution in [0.1, 0.15) is 84.2 Å². The molecule has 2 aromatic heterocycles. The number of benzene rings is 1. The number of halogens is 6. The van der Waals surface area contributed by atoms with E-state index in [1.165, 1.54) is 19.2 Å². The van der Waals surface area contributed by atoms with Gasteiger partial charge in [-0.1, -0.05) is 11.2 Å². The molecule has 2 saturated carbocycles. The summed E-state index contributed by atoms with van der Waals surface area (Å²) in [6.07, 6.45) is -3.94. The van der Waals surface area contributed by atoms with E-state index in [4.69, 9.17) is 13.8 Å². The van der Waals surface area contributed by atoms with Crippen molar-refractivity contribution in [1.29, 1.82) is 0 Å². The summed E-state index contributed by atoms with van der Waals surface area (Å²) in [6, 6.07) is -2.89. The van der Waals surface area contributed by atoms with Crippen LogP contribution in [0, 0.1) is 11.7 Å². The number of carbonyl (C=O) groups is 2. The summed E-state index contributed by atoms with van der Waals surface area (Å²) in [5.41, 5.74) is -0.205. The molecule has 44 heavy (non-hydrogen) atoms. The first-order valence-electron chi connectivity index (χ1n) is 14.1. The topological polar surface area (TPSA) is 136 Å². The molecule has 0 bridgehead atoms. The van der Waals surface area contributed by atoms with E-state index in [-0.39, 0.29) is 53.6 Å². The molecule has 2 unspecified atom stereocenters. The first-order valence-corrected chi connectivity index (χ1v) is 14.1. The van der Waals surface area contributed by atoms with E-state index >= 15 is 4.39 Å². The van der Waals surface area contributed by atoms with E-state index in [0.29, 0.717) is 5.69 Å². The standard InChI is InChI=1S/C27H28F6N6O5/c1-42-11-15(39-10-17(27(31,32)33)34-25(39)41)14-4-5-16-21(18(14)28)36-24(43-16)20(13-6-8-26(29,30)9-7-13)35-23(40)22-19(12-2-3-12)37-44-38-22/h4-5,12-13,15,17,20H,2-3,6-11H2,1H3,(H,34,41)(H,35,40)/t15?,17-,20?/m0/s1. The Hall–Kier alpha value is -3.89. The van der Waals surface area contributed by atoms with Crippen LogP contribution < -0.4 is 10.6 Å². The second-order valence-electron chi connectivity index (χ2n) is 11.5. The van der Waals surface area contributed by atoms with E-state index < -0.39 is 73.3 Å². The van der Waals surface area contributed by atoms with Crippen LogP contribution >= 0.6 is 0 Å². The summed E-state index contributed by atoms with van der Waals surface area (Å²) < 4.78 is 99.7. The molecule has 3 atom stereocenters. The predicted octanol–water partition coefficient (Wildman–Crippen LogP) is 5.17. The molecule has 0 spiro atoms. The highest BCUT2D eigenvalue weighted by atomic mass is 19.4. The van der Waals surface area contributed by atoms with Gasteiger partial charge >= 0.3 is 12.2 Å². The Kier molecular flexibility index (Phi) is 7.70. The largest absolute Gasteiger partial charge is 0.438 e. The van der Waals surface area contributed by atoms with Gasteiger partial charge in [0.2, 0.25) is 11.8 Å². The van der Waals surface area contributed by atoms with E-state index in [1.807, 2.05) is 5.32 Å². The van der Waals surface area contributed by atoms with Crippen LogP contribution in [0.3, 0.4) is 0 Å². The van der Waals surface area contributed by atoms with Crippen LogP contribution in [0.15, 0.2) is 21.2 Å². The molecule has 0 radical (unpaired) electrons. The van der Waals surface area contributed by atoms with Crippen LogP contribution in [-0.2, 0) is 4.74 Å². The lowest BCUT2D eigenvalue weighted by Crippen LogP contribution is -2.40. The molecule has 238 valence electrons. The molecule has 2 aliphatic carbocycles. The molecule has 3 fully saturated rings. The number of oxazole rings is 1. The van der Waals surface area contributed by atoms with Crippen molar-refractivity contribution in [2.75, 3.05) is 20.3 Å². The fourth-order valence-electron chi connectivity index (χ4n) is 5.87. The Morgan fingerprint density at radius 1 is 1.20 bits per heavy atom. The number of rotatable bonds is 9. The average molecular weight is 631 g/mol. The number of aromatic nitrogens is 3. The van der Waals surface area contributed by atoms with E-state index in [2.05, 4.69) is 20.6 Å². The highest BCUT2D eigenvalue weighted by Crippen LogP contribution is 2.43. The van der Waals surface area contributed by atoms with Crippen molar-refractivity contribution in [3.05, 3.63) is 40.8 Å². The van der Waals surface area contributed by atoms with Gasteiger partial charge in [-0.2, -0.15) is 13.2 Å². The zero-order valence-corrected chi connectivity index (χ0v) is 23.3. The molecule has 17 heteroatoms. The number of alkyl halides is 5. The predicted molar refractivity (Wildman–Crippen MR) is 137 cm³/mol. The number of hydrogen-bond donors (Lipinski definition) is 2. The van der Waals surface area contributed by atoms with Gasteiger partial charge in [0.15, 0.2) is 17.1 Å². The maximum atomic E-state index is 16.0. The monoisotopic (exact) mass is 630 g/mol. The third-order valence-electron chi connectivity index (χ3n) is 8.42. The number of amides is 3. The summed E-state index contributed by atoms with van der Waals surface area (Å²) in [4.78, 5) is 30.9. The Bertz CT molecular complexity index is 1550. The molecular weight excluding hydrogens is 602 g/mol. The summed E-state index contributed by atoms with van der Waals surface area (Å²) >= 11 is 0. The van der Waals surface area contributed by atoms with Crippen molar-refractivity contribution in [2.45, 2.75) is 74.7 Å². The molecule has 3 amide bonds. The Balaban J connectivity index is 1.33. The lowest BCUT2D eigenvalue weighted by Gasteiger charge is -2.32. The SMILES string of the molecule is COCC(c1ccc2oc(C(NC(=O)c3nonc3C3CC3)C3CCC(F)(F)CC3)nc2c1F)N1C[C@@H](C(F)(F)F)NC1=O. The fourth-order valence-corrected chi connectivity index (χ4v) is 5.87. The van der Waals surface area contributed by atoms with Gasteiger partial charge in [0.05, 0.1) is 19.2 Å². The van der Waals surface area contributed by atoms with Crippen LogP contribution in [0.2, 0.25) is 0 Å². The summed E-state index contributed by atoms with van der Waals surface area (Å²) in [6.45, 7) is -1.09. The maximum Gasteiger partial charge on any atom is 0.410 e. The lowest BCUT2D eigenvalue weighted by atomic mass is 9.82. The smallest absolute Gasteiger partial charge is 0.410 e. The molecule has 2 N–H and O–H groups in total. The van der Waals surface area contributed by atoms with Crippen molar-refractivity contribution in [3.8, 4) is 0 Å². The number of nitrogens with zero attached hydrogens (tertiary/aromatic N) is 4. The van der Waals surface area contributed by atoms with Gasteiger partial charge in [0.1, 0.15) is 23.3 Å². The molecule has 3 aliphatic rings. The van der Waals surface area contributed by atoms with Gasteiger partial charge in [-0.05, 0) is 42.8 Å². The minimum Gasteiger partial charge on any atom is -0.438 e. The summed E-state index contributed by atoms with van der Waals surface area (Å²) in [7, 11) is 1.26. The third kappa shape index (κ3) is 5.80. The number of carbonyl (C=O) groups excluding carboxylic acids is 2. The second-order valence-corrected chi connectivity index (χ2v) is 11.5. The van der Waals surface area contributed by atoms with Gasteiger partial charge in [-0.15, -0.1) is 0 Å². The van der Waals surface area contributed by atoms with Crippen LogP contribution in [0.5, 0.6) is 0 Å². The molecule has 6 rings (SSSR count). The van der Waals surface area contributed by atoms with Crippen LogP contribution in [0.25, 0.3) is 11.1 Å². The van der Waals surface area contributed by atoms with Crippen molar-refractivity contribution in [2.24, 2.45) is 5.92 Å². The molecule has 11 nitrogen and oxygen atoms in total. The highest BCUT2D eigenvalue weighted by Gasteiger charge is 2.49. The molecular formula is C27H28F6N6O5. The zero-order valence-electron chi connectivity index (χ0n) is 23.3. The maximum absolute atomic E-state index is 16.0. The Morgan fingerprint density at radius 2 is 1.93 bits per heavy atom. The van der Waals surface area contributed by atoms with Gasteiger partial charge in [-0.3, -0.25) is 4.79 Å². The molecule has 1 aliphatic heterocycles. The molecule has 3 heterocycles. The first kappa shape index (κ1) is 30.1. The number of methoxy groups -OCH3 is 1. The van der Waals surface area contributed by atoms with Crippen LogP contribution in [-0.4, -0.2) is 70.5 Å². The van der Waals surface area contributed by atoms with E-state index in [9.17, 15) is 31.5 Å². The number of ether oxygens (including phenoxy) is 1. The van der Waals surface area contributed by atoms with Crippen molar-refractivity contribution in [1.82, 2.24) is 30.8 Å². The quantitative estimate of drug-likeness (QED) is 0.310. The first-order chi connectivity index (χ1) is 20.9. The van der Waals surface area contributed by atoms with Crippen LogP contribution in [0.4, 0.5) is 31.1 Å². The second kappa shape index (κ2) is 11.2. The average Bonchev–Trinajstić information content (AvgIpc) is 3.34. The van der Waals surface area contributed by atoms with E-state index in [0.717, 1.165) is 17.7 Å². The highest BCUT2D eigenvalue weighted by molar-refractivity contribution is 5.93.